The van der Waals surface area contributed by atoms with E-state index in [4.69, 9.17) is 15.0 Å². The zero-order chi connectivity index (χ0) is 14.8. The van der Waals surface area contributed by atoms with Crippen molar-refractivity contribution in [1.29, 1.82) is 0 Å². The molecule has 0 spiro atoms. The van der Waals surface area contributed by atoms with Crippen LogP contribution in [-0.4, -0.2) is 17.3 Å². The second-order valence-corrected chi connectivity index (χ2v) is 4.36. The minimum Gasteiger partial charge on any atom is -0.494 e. The summed E-state index contributed by atoms with van der Waals surface area (Å²) in [6.45, 7) is 0. The lowest BCUT2D eigenvalue weighted by Crippen LogP contribution is -1.91. The van der Waals surface area contributed by atoms with E-state index in [-0.39, 0.29) is 11.6 Å². The number of pyridine rings is 1. The number of aromatic nitrogens is 2. The van der Waals surface area contributed by atoms with Crippen LogP contribution in [0.4, 0.5) is 10.2 Å². The maximum absolute atomic E-state index is 13.5. The van der Waals surface area contributed by atoms with Crippen molar-refractivity contribution in [2.24, 2.45) is 0 Å². The van der Waals surface area contributed by atoms with Crippen LogP contribution in [0.5, 0.6) is 5.75 Å². The van der Waals surface area contributed by atoms with Crippen LogP contribution in [-0.2, 0) is 0 Å². The first-order chi connectivity index (χ1) is 10.2. The van der Waals surface area contributed by atoms with E-state index >= 15 is 0 Å². The zero-order valence-electron chi connectivity index (χ0n) is 11.2. The molecule has 0 aliphatic carbocycles. The minimum absolute atomic E-state index is 0.128. The van der Waals surface area contributed by atoms with Gasteiger partial charge in [0.25, 0.3) is 0 Å². The molecule has 2 aromatic heterocycles. The van der Waals surface area contributed by atoms with Crippen molar-refractivity contribution < 1.29 is 13.7 Å². The molecule has 0 fully saturated rings. The molecule has 106 valence electrons. The third kappa shape index (κ3) is 2.31. The highest BCUT2D eigenvalue weighted by molar-refractivity contribution is 5.86. The third-order valence-corrected chi connectivity index (χ3v) is 3.10. The second-order valence-electron chi connectivity index (χ2n) is 4.36. The molecule has 2 heterocycles. The first kappa shape index (κ1) is 13.1. The summed E-state index contributed by atoms with van der Waals surface area (Å²) in [6.07, 6.45) is 3.30. The van der Waals surface area contributed by atoms with Gasteiger partial charge in [0.05, 0.1) is 12.7 Å². The average Bonchev–Trinajstić information content (AvgIpc) is 2.90. The van der Waals surface area contributed by atoms with Gasteiger partial charge in [-0.15, -0.1) is 0 Å². The lowest BCUT2D eigenvalue weighted by molar-refractivity contribution is 0.386. The number of halogens is 1. The molecule has 0 unspecified atom stereocenters. The molecule has 6 heteroatoms. The van der Waals surface area contributed by atoms with E-state index in [1.165, 1.54) is 13.2 Å². The van der Waals surface area contributed by atoms with Gasteiger partial charge in [-0.3, -0.25) is 4.98 Å². The standard InChI is InChI=1S/C15H12FN3O2/c1-20-12-8-10(2-3-11(12)16)14-13(15(17)19-21-14)9-4-6-18-7-5-9/h2-8H,1H3,(H2,17,19). The SMILES string of the molecule is COc1cc(-c2onc(N)c2-c2ccncc2)ccc1F. The van der Waals surface area contributed by atoms with Crippen LogP contribution in [0.2, 0.25) is 0 Å². The molecule has 0 radical (unpaired) electrons. The highest BCUT2D eigenvalue weighted by atomic mass is 19.1. The van der Waals surface area contributed by atoms with Gasteiger partial charge in [-0.2, -0.15) is 0 Å². The maximum atomic E-state index is 13.5. The fraction of sp³-hybridized carbons (Fsp3) is 0.0667. The summed E-state index contributed by atoms with van der Waals surface area (Å²) in [4.78, 5) is 3.96. The number of anilines is 1. The molecule has 2 N–H and O–H groups in total. The Bertz CT molecular complexity index is 772. The monoisotopic (exact) mass is 285 g/mol. The van der Waals surface area contributed by atoms with Crippen molar-refractivity contribution >= 4 is 5.82 Å². The van der Waals surface area contributed by atoms with Gasteiger partial charge in [-0.05, 0) is 35.9 Å². The molecule has 0 atom stereocenters. The Hall–Kier alpha value is -2.89. The Kier molecular flexibility index (Phi) is 3.27. The molecule has 1 aromatic carbocycles. The van der Waals surface area contributed by atoms with Crippen LogP contribution in [0.15, 0.2) is 47.2 Å². The summed E-state index contributed by atoms with van der Waals surface area (Å²) in [6, 6.07) is 8.03. The number of hydrogen-bond acceptors (Lipinski definition) is 5. The first-order valence-electron chi connectivity index (χ1n) is 6.20. The predicted molar refractivity (Wildman–Crippen MR) is 76.1 cm³/mol. The lowest BCUT2D eigenvalue weighted by atomic mass is 10.0. The van der Waals surface area contributed by atoms with Crippen molar-refractivity contribution in [3.8, 4) is 28.2 Å². The molecule has 0 saturated carbocycles. The number of nitrogens with two attached hydrogens (primary N) is 1. The minimum atomic E-state index is -0.445. The summed E-state index contributed by atoms with van der Waals surface area (Å²) in [5.41, 5.74) is 7.98. The van der Waals surface area contributed by atoms with Gasteiger partial charge in [0.2, 0.25) is 0 Å². The lowest BCUT2D eigenvalue weighted by Gasteiger charge is -2.05. The smallest absolute Gasteiger partial charge is 0.177 e. The Morgan fingerprint density at radius 2 is 1.90 bits per heavy atom. The summed E-state index contributed by atoms with van der Waals surface area (Å²) < 4.78 is 23.8. The fourth-order valence-electron chi connectivity index (χ4n) is 2.10. The van der Waals surface area contributed by atoms with E-state index in [0.717, 1.165) is 5.56 Å². The third-order valence-electron chi connectivity index (χ3n) is 3.10. The van der Waals surface area contributed by atoms with E-state index in [1.807, 2.05) is 0 Å². The number of methoxy groups -OCH3 is 1. The van der Waals surface area contributed by atoms with E-state index in [0.29, 0.717) is 16.9 Å². The predicted octanol–water partition coefficient (Wildman–Crippen LogP) is 3.13. The topological polar surface area (TPSA) is 74.2 Å². The number of hydrogen-bond donors (Lipinski definition) is 1. The molecule has 5 nitrogen and oxygen atoms in total. The van der Waals surface area contributed by atoms with E-state index < -0.39 is 5.82 Å². The fourth-order valence-corrected chi connectivity index (χ4v) is 2.10. The van der Waals surface area contributed by atoms with Gasteiger partial charge in [0.1, 0.15) is 0 Å². The number of nitrogens with zero attached hydrogens (tertiary/aromatic N) is 2. The van der Waals surface area contributed by atoms with Gasteiger partial charge < -0.3 is 15.0 Å². The zero-order valence-corrected chi connectivity index (χ0v) is 11.2. The van der Waals surface area contributed by atoms with Gasteiger partial charge in [-0.1, -0.05) is 5.16 Å². The van der Waals surface area contributed by atoms with E-state index in [1.54, 1.807) is 36.7 Å². The van der Waals surface area contributed by atoms with E-state index in [2.05, 4.69) is 10.1 Å². The largest absolute Gasteiger partial charge is 0.494 e. The van der Waals surface area contributed by atoms with E-state index in [9.17, 15) is 4.39 Å². The number of nitrogen functional groups attached to an aromatic ring is 1. The summed E-state index contributed by atoms with van der Waals surface area (Å²) >= 11 is 0. The number of rotatable bonds is 3. The molecule has 0 aliphatic heterocycles. The highest BCUT2D eigenvalue weighted by Gasteiger charge is 2.18. The Morgan fingerprint density at radius 1 is 1.14 bits per heavy atom. The van der Waals surface area contributed by atoms with Crippen molar-refractivity contribution in [2.45, 2.75) is 0 Å². The van der Waals surface area contributed by atoms with Crippen LogP contribution in [0.3, 0.4) is 0 Å². The molecule has 3 rings (SSSR count). The second kappa shape index (κ2) is 5.24. The highest BCUT2D eigenvalue weighted by Crippen LogP contribution is 2.37. The molecule has 0 bridgehead atoms. The quantitative estimate of drug-likeness (QED) is 0.800. The summed E-state index contributed by atoms with van der Waals surface area (Å²) in [5.74, 6) is 0.402. The van der Waals surface area contributed by atoms with Crippen LogP contribution >= 0.6 is 0 Å². The van der Waals surface area contributed by atoms with Gasteiger partial charge in [-0.25, -0.2) is 4.39 Å². The molecule has 0 amide bonds. The number of ether oxygens (including phenoxy) is 1. The molecule has 3 aromatic rings. The van der Waals surface area contributed by atoms with Crippen LogP contribution in [0, 0.1) is 5.82 Å². The van der Waals surface area contributed by atoms with Crippen molar-refractivity contribution in [1.82, 2.24) is 10.1 Å². The van der Waals surface area contributed by atoms with Crippen LogP contribution in [0.25, 0.3) is 22.5 Å². The average molecular weight is 285 g/mol. The molecular weight excluding hydrogens is 273 g/mol. The summed E-state index contributed by atoms with van der Waals surface area (Å²) in [7, 11) is 1.40. The Labute approximate surface area is 120 Å². The molecule has 21 heavy (non-hydrogen) atoms. The van der Waals surface area contributed by atoms with Crippen LogP contribution < -0.4 is 10.5 Å². The Morgan fingerprint density at radius 3 is 2.62 bits per heavy atom. The number of benzene rings is 1. The molecule has 0 saturated heterocycles. The van der Waals surface area contributed by atoms with Crippen LogP contribution in [0.1, 0.15) is 0 Å². The molecule has 0 aliphatic rings. The van der Waals surface area contributed by atoms with Gasteiger partial charge >= 0.3 is 0 Å². The van der Waals surface area contributed by atoms with Crippen molar-refractivity contribution in [3.05, 3.63) is 48.5 Å². The molecular formula is C15H12FN3O2. The maximum Gasteiger partial charge on any atom is 0.177 e. The normalized spacial score (nSPS) is 10.6. The van der Waals surface area contributed by atoms with Gasteiger partial charge in [0.15, 0.2) is 23.1 Å². The van der Waals surface area contributed by atoms with Crippen molar-refractivity contribution in [2.75, 3.05) is 12.8 Å². The summed E-state index contributed by atoms with van der Waals surface area (Å²) in [5, 5.41) is 3.80. The van der Waals surface area contributed by atoms with Gasteiger partial charge in [0, 0.05) is 18.0 Å². The van der Waals surface area contributed by atoms with Crippen molar-refractivity contribution in [3.63, 3.8) is 0 Å². The Balaban J connectivity index is 2.17. The first-order valence-corrected chi connectivity index (χ1v) is 6.20.